The van der Waals surface area contributed by atoms with Crippen molar-refractivity contribution in [3.63, 3.8) is 0 Å². The number of hydrogen-bond acceptors (Lipinski definition) is 4. The minimum Gasteiger partial charge on any atom is -0.471 e. The van der Waals surface area contributed by atoms with Gasteiger partial charge in [-0.1, -0.05) is 48.5 Å². The smallest absolute Gasteiger partial charge is 0.460 e. The molecule has 274 valence electrons. The lowest BCUT2D eigenvalue weighted by atomic mass is 9.96. The van der Waals surface area contributed by atoms with Crippen molar-refractivity contribution in [2.24, 2.45) is 0 Å². The molecule has 0 unspecified atom stereocenters. The third-order valence-corrected chi connectivity index (χ3v) is 6.90. The number of aromatic nitrogens is 2. The minimum absolute atomic E-state index is 0.0803. The molecule has 0 radical (unpaired) electrons. The molecular weight excluding hydrogens is 738 g/mol. The highest BCUT2D eigenvalue weighted by molar-refractivity contribution is 6.11. The molecule has 0 fully saturated rings. The first-order valence-electron chi connectivity index (χ1n) is 13.0. The van der Waals surface area contributed by atoms with Gasteiger partial charge in [-0.2, -0.15) is 89.0 Å². The molecule has 0 saturated heterocycles. The van der Waals surface area contributed by atoms with Crippen LogP contribution in [0, 0.1) is 0 Å². The van der Waals surface area contributed by atoms with Crippen LogP contribution >= 0.6 is 0 Å². The average molecular weight is 752 g/mol. The lowest BCUT2D eigenvalue weighted by Gasteiger charge is -2.33. The molecule has 0 saturated carbocycles. The van der Waals surface area contributed by atoms with Crippen molar-refractivity contribution >= 4 is 21.5 Å². The molecule has 4 aromatic rings. The molecule has 0 aliphatic carbocycles. The van der Waals surface area contributed by atoms with Crippen LogP contribution in [0.1, 0.15) is 0 Å². The van der Waals surface area contributed by atoms with Gasteiger partial charge < -0.3 is 9.47 Å². The molecular formula is C28H14F18N2O2. The molecule has 0 amide bonds. The molecule has 1 heterocycles. The zero-order chi connectivity index (χ0) is 37.9. The highest BCUT2D eigenvalue weighted by atomic mass is 19.4. The fourth-order valence-corrected chi connectivity index (χ4v) is 4.24. The molecule has 0 atom stereocenters. The van der Waals surface area contributed by atoms with E-state index in [0.717, 1.165) is 0 Å². The number of benzene rings is 3. The second-order valence-electron chi connectivity index (χ2n) is 10.3. The summed E-state index contributed by atoms with van der Waals surface area (Å²) in [4.78, 5) is 7.12. The lowest BCUT2D eigenvalue weighted by molar-refractivity contribution is -0.398. The molecule has 0 aliphatic rings. The van der Waals surface area contributed by atoms with Crippen LogP contribution in [0.15, 0.2) is 60.7 Å². The van der Waals surface area contributed by atoms with Gasteiger partial charge in [0, 0.05) is 5.56 Å². The number of ether oxygens (including phenoxy) is 2. The molecule has 4 nitrogen and oxygen atoms in total. The zero-order valence-electron chi connectivity index (χ0n) is 23.7. The van der Waals surface area contributed by atoms with Crippen LogP contribution in [0.4, 0.5) is 79.0 Å². The topological polar surface area (TPSA) is 44.2 Å². The molecule has 4 rings (SSSR count). The van der Waals surface area contributed by atoms with Crippen LogP contribution in [0.3, 0.4) is 0 Å². The molecule has 50 heavy (non-hydrogen) atoms. The van der Waals surface area contributed by atoms with Gasteiger partial charge >= 0.3 is 47.9 Å². The Hall–Kier alpha value is -4.40. The van der Waals surface area contributed by atoms with E-state index in [-0.39, 0.29) is 22.4 Å². The van der Waals surface area contributed by atoms with Gasteiger partial charge in [0.05, 0.1) is 6.07 Å². The Morgan fingerprint density at radius 3 is 1.12 bits per heavy atom. The van der Waals surface area contributed by atoms with Crippen molar-refractivity contribution in [3.05, 3.63) is 60.7 Å². The molecule has 3 aromatic carbocycles. The summed E-state index contributed by atoms with van der Waals surface area (Å²) in [7, 11) is 0. The number of halogens is 18. The largest absolute Gasteiger partial charge is 0.471 e. The summed E-state index contributed by atoms with van der Waals surface area (Å²) in [5.41, 5.74) is -0.213. The van der Waals surface area contributed by atoms with Gasteiger partial charge in [0.1, 0.15) is 0 Å². The predicted octanol–water partition coefficient (Wildman–Crippen LogP) is 10.1. The number of alkyl halides is 18. The summed E-state index contributed by atoms with van der Waals surface area (Å²) >= 11 is 0. The Morgan fingerprint density at radius 2 is 0.780 bits per heavy atom. The third kappa shape index (κ3) is 6.35. The molecule has 0 aliphatic heterocycles. The quantitative estimate of drug-likeness (QED) is 0.113. The van der Waals surface area contributed by atoms with Gasteiger partial charge in [0.2, 0.25) is 11.8 Å². The van der Waals surface area contributed by atoms with Gasteiger partial charge in [-0.3, -0.25) is 0 Å². The van der Waals surface area contributed by atoms with E-state index in [2.05, 4.69) is 19.4 Å². The van der Waals surface area contributed by atoms with Crippen LogP contribution in [0.5, 0.6) is 11.8 Å². The van der Waals surface area contributed by atoms with Gasteiger partial charge in [0.15, 0.2) is 19.0 Å². The van der Waals surface area contributed by atoms with Gasteiger partial charge in [-0.15, -0.1) is 0 Å². The van der Waals surface area contributed by atoms with Gasteiger partial charge in [-0.05, 0) is 27.6 Å². The fourth-order valence-electron chi connectivity index (χ4n) is 4.24. The van der Waals surface area contributed by atoms with E-state index in [4.69, 9.17) is 0 Å². The summed E-state index contributed by atoms with van der Waals surface area (Å²) in [6.07, 6.45) is -14.4. The van der Waals surface area contributed by atoms with E-state index >= 15 is 0 Å². The van der Waals surface area contributed by atoms with Crippen molar-refractivity contribution in [2.45, 2.75) is 47.9 Å². The normalized spacial score (nSPS) is 14.4. The van der Waals surface area contributed by atoms with Crippen molar-refractivity contribution in [1.29, 1.82) is 0 Å². The van der Waals surface area contributed by atoms with Gasteiger partial charge in [0.25, 0.3) is 0 Å². The van der Waals surface area contributed by atoms with Crippen LogP contribution in [-0.4, -0.2) is 71.1 Å². The molecule has 0 bridgehead atoms. The maximum atomic E-state index is 14.2. The number of hydrogen-bond donors (Lipinski definition) is 0. The molecule has 0 N–H and O–H groups in total. The Labute approximate surface area is 265 Å². The highest BCUT2D eigenvalue weighted by Gasteiger charge is 2.83. The summed E-state index contributed by atoms with van der Waals surface area (Å²) < 4.78 is 249. The van der Waals surface area contributed by atoms with Crippen molar-refractivity contribution in [1.82, 2.24) is 9.97 Å². The molecule has 22 heteroatoms. The summed E-state index contributed by atoms with van der Waals surface area (Å²) in [5, 5.41) is 0.912. The van der Waals surface area contributed by atoms with Gasteiger partial charge in [-0.25, -0.2) is 0 Å². The Morgan fingerprint density at radius 1 is 0.440 bits per heavy atom. The van der Waals surface area contributed by atoms with Crippen LogP contribution in [0.2, 0.25) is 0 Å². The fraction of sp³-hybridized carbons (Fsp3) is 0.357. The predicted molar refractivity (Wildman–Crippen MR) is 135 cm³/mol. The van der Waals surface area contributed by atoms with Crippen LogP contribution < -0.4 is 9.47 Å². The standard InChI is InChI=1S/C28H14F18N2O2/c29-21(30,23(33,34)25(37,38)27(41,42)43)11-49-17-10-18(50-12-22(31,32)24(35,36)26(39,40)28(44,45)46)48-20(47-17)19-15-7-3-1-5-13(15)9-14-6-2-4-8-16(14)19/h1-10H,11-12H2. The third-order valence-electron chi connectivity index (χ3n) is 6.90. The Balaban J connectivity index is 1.84. The van der Waals surface area contributed by atoms with Crippen molar-refractivity contribution < 1.29 is 88.5 Å². The first-order valence-corrected chi connectivity index (χ1v) is 13.0. The number of fused-ring (bicyclic) bond motifs is 2. The Bertz CT molecular complexity index is 1750. The van der Waals surface area contributed by atoms with E-state index in [1.54, 1.807) is 6.07 Å². The second kappa shape index (κ2) is 12.1. The highest BCUT2D eigenvalue weighted by Crippen LogP contribution is 2.54. The van der Waals surface area contributed by atoms with E-state index < -0.39 is 78.7 Å². The Kier molecular flexibility index (Phi) is 9.32. The lowest BCUT2D eigenvalue weighted by Crippen LogP contribution is -2.62. The maximum absolute atomic E-state index is 14.2. The maximum Gasteiger partial charge on any atom is 0.460 e. The SMILES string of the molecule is FC(F)(F)C(F)(F)C(F)(F)C(F)(F)COc1cc(OCC(F)(F)C(F)(F)C(F)(F)C(F)(F)F)nc(-c2c3ccccc3cc3ccccc23)n1. The second-order valence-corrected chi connectivity index (χ2v) is 10.3. The first-order chi connectivity index (χ1) is 22.6. The zero-order valence-corrected chi connectivity index (χ0v) is 23.7. The molecule has 1 aromatic heterocycles. The minimum atomic E-state index is -7.35. The van der Waals surface area contributed by atoms with Crippen molar-refractivity contribution in [3.8, 4) is 23.1 Å². The monoisotopic (exact) mass is 752 g/mol. The number of rotatable bonds is 11. The van der Waals surface area contributed by atoms with Crippen molar-refractivity contribution in [2.75, 3.05) is 13.2 Å². The first kappa shape index (κ1) is 38.4. The molecule has 0 spiro atoms. The summed E-state index contributed by atoms with van der Waals surface area (Å²) in [6.45, 7) is -6.10. The van der Waals surface area contributed by atoms with E-state index in [1.807, 2.05) is 0 Å². The van der Waals surface area contributed by atoms with Crippen LogP contribution in [-0.2, 0) is 0 Å². The van der Waals surface area contributed by atoms with E-state index in [9.17, 15) is 79.0 Å². The summed E-state index contributed by atoms with van der Waals surface area (Å²) in [6, 6.07) is 12.9. The summed E-state index contributed by atoms with van der Waals surface area (Å²) in [5.74, 6) is -45.9. The van der Waals surface area contributed by atoms with Crippen LogP contribution in [0.25, 0.3) is 32.9 Å². The van der Waals surface area contributed by atoms with E-state index in [1.165, 1.54) is 48.5 Å². The van der Waals surface area contributed by atoms with E-state index in [0.29, 0.717) is 10.8 Å². The average Bonchev–Trinajstić information content (AvgIpc) is 3.00. The number of nitrogens with zero attached hydrogens (tertiary/aromatic N) is 2.